The van der Waals surface area contributed by atoms with E-state index in [-0.39, 0.29) is 11.3 Å². The lowest BCUT2D eigenvalue weighted by Crippen LogP contribution is -2.34. The molecule has 7 heteroatoms. The Bertz CT molecular complexity index is 926. The van der Waals surface area contributed by atoms with Gasteiger partial charge in [-0.1, -0.05) is 37.3 Å². The van der Waals surface area contributed by atoms with E-state index >= 15 is 0 Å². The normalized spacial score (nSPS) is 16.2. The molecule has 1 aliphatic heterocycles. The highest BCUT2D eigenvalue weighted by Gasteiger charge is 2.39. The number of pyridine rings is 1. The fraction of sp³-hybridized carbons (Fsp3) is 0.400. The van der Waals surface area contributed by atoms with Gasteiger partial charge in [-0.2, -0.15) is 13.2 Å². The number of fused-ring (bicyclic) bond motifs is 1. The van der Waals surface area contributed by atoms with Gasteiger partial charge in [0.25, 0.3) is 0 Å². The summed E-state index contributed by atoms with van der Waals surface area (Å²) in [5, 5.41) is 7.76. The number of anilines is 1. The number of benzene rings is 1. The van der Waals surface area contributed by atoms with Gasteiger partial charge >= 0.3 is 6.18 Å². The quantitative estimate of drug-likeness (QED) is 0.667. The maximum atomic E-state index is 13.9. The largest absolute Gasteiger partial charge is 0.422 e. The minimum absolute atomic E-state index is 0.109. The third-order valence-corrected chi connectivity index (χ3v) is 5.33. The molecule has 1 aliphatic rings. The molecule has 0 radical (unpaired) electrons. The average molecular weight is 374 g/mol. The summed E-state index contributed by atoms with van der Waals surface area (Å²) in [6.45, 7) is 3.03. The number of hydrogen-bond acceptors (Lipinski definition) is 3. The van der Waals surface area contributed by atoms with Gasteiger partial charge in [0.1, 0.15) is 11.4 Å². The Balaban J connectivity index is 1.66. The monoisotopic (exact) mass is 374 g/mol. The number of alkyl halides is 3. The SMILES string of the molecule is CCc1nnc2c(C(F)(F)F)c(N3CCC(c4ccccc4)CC3)ccn12. The summed E-state index contributed by atoms with van der Waals surface area (Å²) in [5.41, 5.74) is 0.669. The first-order chi connectivity index (χ1) is 13.0. The summed E-state index contributed by atoms with van der Waals surface area (Å²) in [7, 11) is 0. The Labute approximate surface area is 155 Å². The number of rotatable bonds is 3. The van der Waals surface area contributed by atoms with Crippen LogP contribution in [0.15, 0.2) is 42.6 Å². The number of hydrogen-bond donors (Lipinski definition) is 0. The molecular weight excluding hydrogens is 353 g/mol. The van der Waals surface area contributed by atoms with Crippen LogP contribution in [0.1, 0.15) is 42.6 Å². The number of piperidine rings is 1. The summed E-state index contributed by atoms with van der Waals surface area (Å²) >= 11 is 0. The molecule has 1 aromatic carbocycles. The first-order valence-electron chi connectivity index (χ1n) is 9.22. The van der Waals surface area contributed by atoms with E-state index in [4.69, 9.17) is 0 Å². The van der Waals surface area contributed by atoms with E-state index in [1.54, 1.807) is 12.3 Å². The third-order valence-electron chi connectivity index (χ3n) is 5.33. The highest BCUT2D eigenvalue weighted by Crippen LogP contribution is 2.41. The molecule has 0 saturated carbocycles. The molecule has 27 heavy (non-hydrogen) atoms. The van der Waals surface area contributed by atoms with Gasteiger partial charge in [-0.05, 0) is 30.4 Å². The molecule has 0 unspecified atom stereocenters. The van der Waals surface area contributed by atoms with Crippen molar-refractivity contribution in [2.45, 2.75) is 38.3 Å². The fourth-order valence-corrected chi connectivity index (χ4v) is 3.95. The van der Waals surface area contributed by atoms with Crippen molar-refractivity contribution in [2.75, 3.05) is 18.0 Å². The van der Waals surface area contributed by atoms with Crippen LogP contribution in [0.25, 0.3) is 5.65 Å². The van der Waals surface area contributed by atoms with Gasteiger partial charge in [-0.25, -0.2) is 0 Å². The zero-order valence-electron chi connectivity index (χ0n) is 15.1. The lowest BCUT2D eigenvalue weighted by atomic mass is 9.89. The second kappa shape index (κ2) is 6.87. The lowest BCUT2D eigenvalue weighted by molar-refractivity contribution is -0.136. The zero-order valence-corrected chi connectivity index (χ0v) is 15.1. The Morgan fingerprint density at radius 2 is 1.74 bits per heavy atom. The standard InChI is InChI=1S/C20H21F3N4/c1-2-17-24-25-19-18(20(21,22)23)16(10-13-27(17)19)26-11-8-15(9-12-26)14-6-4-3-5-7-14/h3-7,10,13,15H,2,8-9,11-12H2,1H3. The molecule has 4 nitrogen and oxygen atoms in total. The number of halogens is 3. The Kier molecular flexibility index (Phi) is 4.53. The van der Waals surface area contributed by atoms with E-state index in [1.807, 2.05) is 30.0 Å². The maximum absolute atomic E-state index is 13.9. The van der Waals surface area contributed by atoms with Crippen LogP contribution in [0.5, 0.6) is 0 Å². The van der Waals surface area contributed by atoms with Crippen molar-refractivity contribution in [3.63, 3.8) is 0 Å². The highest BCUT2D eigenvalue weighted by atomic mass is 19.4. The molecule has 3 aromatic rings. The van der Waals surface area contributed by atoms with Gasteiger partial charge in [-0.15, -0.1) is 10.2 Å². The van der Waals surface area contributed by atoms with Crippen molar-refractivity contribution in [3.05, 3.63) is 59.5 Å². The van der Waals surface area contributed by atoms with E-state index in [0.29, 0.717) is 31.3 Å². The molecule has 142 valence electrons. The highest BCUT2D eigenvalue weighted by molar-refractivity contribution is 5.67. The van der Waals surface area contributed by atoms with Crippen molar-refractivity contribution >= 4 is 11.3 Å². The molecule has 1 saturated heterocycles. The van der Waals surface area contributed by atoms with E-state index < -0.39 is 11.7 Å². The summed E-state index contributed by atoms with van der Waals surface area (Å²) in [5.74, 6) is 0.921. The molecule has 4 rings (SSSR count). The predicted octanol–water partition coefficient (Wildman–Crippen LogP) is 4.69. The second-order valence-corrected chi connectivity index (χ2v) is 6.91. The zero-order chi connectivity index (χ0) is 19.0. The smallest absolute Gasteiger partial charge is 0.371 e. The van der Waals surface area contributed by atoms with Crippen molar-refractivity contribution < 1.29 is 13.2 Å². The molecule has 0 amide bonds. The van der Waals surface area contributed by atoms with Crippen LogP contribution in [0.4, 0.5) is 18.9 Å². The molecule has 1 fully saturated rings. The van der Waals surface area contributed by atoms with Gasteiger partial charge in [-0.3, -0.25) is 4.40 Å². The summed E-state index contributed by atoms with van der Waals surface area (Å²) < 4.78 is 43.1. The van der Waals surface area contributed by atoms with Crippen molar-refractivity contribution in [3.8, 4) is 0 Å². The second-order valence-electron chi connectivity index (χ2n) is 6.91. The first kappa shape index (κ1) is 17.8. The number of aromatic nitrogens is 3. The van der Waals surface area contributed by atoms with E-state index in [9.17, 15) is 13.2 Å². The minimum Gasteiger partial charge on any atom is -0.371 e. The van der Waals surface area contributed by atoms with Crippen LogP contribution in [0.2, 0.25) is 0 Å². The molecule has 0 bridgehead atoms. The maximum Gasteiger partial charge on any atom is 0.422 e. The molecule has 0 aliphatic carbocycles. The Morgan fingerprint density at radius 3 is 2.37 bits per heavy atom. The van der Waals surface area contributed by atoms with Gasteiger partial charge in [0, 0.05) is 25.7 Å². The average Bonchev–Trinajstić information content (AvgIpc) is 3.10. The number of aryl methyl sites for hydroxylation is 1. The van der Waals surface area contributed by atoms with Crippen LogP contribution in [-0.4, -0.2) is 27.7 Å². The predicted molar refractivity (Wildman–Crippen MR) is 98.0 cm³/mol. The van der Waals surface area contributed by atoms with Gasteiger partial charge < -0.3 is 4.90 Å². The van der Waals surface area contributed by atoms with Gasteiger partial charge in [0.2, 0.25) is 0 Å². The molecule has 3 heterocycles. The topological polar surface area (TPSA) is 33.4 Å². The van der Waals surface area contributed by atoms with Crippen LogP contribution >= 0.6 is 0 Å². The van der Waals surface area contributed by atoms with Crippen LogP contribution in [0, 0.1) is 0 Å². The molecule has 0 atom stereocenters. The fourth-order valence-electron chi connectivity index (χ4n) is 3.95. The van der Waals surface area contributed by atoms with Crippen LogP contribution < -0.4 is 4.90 Å². The lowest BCUT2D eigenvalue weighted by Gasteiger charge is -2.35. The van der Waals surface area contributed by atoms with Gasteiger partial charge in [0.05, 0.1) is 5.69 Å². The van der Waals surface area contributed by atoms with Crippen molar-refractivity contribution in [2.24, 2.45) is 0 Å². The van der Waals surface area contributed by atoms with Crippen LogP contribution in [-0.2, 0) is 12.6 Å². The van der Waals surface area contributed by atoms with E-state index in [2.05, 4.69) is 22.3 Å². The number of nitrogens with zero attached hydrogens (tertiary/aromatic N) is 4. The first-order valence-corrected chi connectivity index (χ1v) is 9.22. The Morgan fingerprint density at radius 1 is 1.04 bits per heavy atom. The third kappa shape index (κ3) is 3.26. The van der Waals surface area contributed by atoms with Gasteiger partial charge in [0.15, 0.2) is 5.65 Å². The Hall–Kier alpha value is -2.57. The van der Waals surface area contributed by atoms with E-state index in [0.717, 1.165) is 12.8 Å². The molecular formula is C20H21F3N4. The molecule has 0 N–H and O–H groups in total. The van der Waals surface area contributed by atoms with E-state index in [1.165, 1.54) is 9.96 Å². The summed E-state index contributed by atoms with van der Waals surface area (Å²) in [6.07, 6.45) is -0.632. The van der Waals surface area contributed by atoms with Crippen molar-refractivity contribution in [1.29, 1.82) is 0 Å². The molecule has 2 aromatic heterocycles. The minimum atomic E-state index is -4.48. The van der Waals surface area contributed by atoms with Crippen molar-refractivity contribution in [1.82, 2.24) is 14.6 Å². The summed E-state index contributed by atoms with van der Waals surface area (Å²) in [4.78, 5) is 1.84. The van der Waals surface area contributed by atoms with Crippen LogP contribution in [0.3, 0.4) is 0 Å². The summed E-state index contributed by atoms with van der Waals surface area (Å²) in [6, 6.07) is 11.7. The molecule has 0 spiro atoms.